The second kappa shape index (κ2) is 11.2. The molecule has 0 spiro atoms. The average Bonchev–Trinajstić information content (AvgIpc) is 2.81. The number of hydrogen-bond acceptors (Lipinski definition) is 3. The zero-order chi connectivity index (χ0) is 21.0. The van der Waals surface area contributed by atoms with E-state index in [1.54, 1.807) is 12.2 Å². The fraction of sp³-hybridized carbons (Fsp3) is 0.0769. The molecule has 0 fully saturated rings. The molecular weight excluding hydrogens is 374 g/mol. The summed E-state index contributed by atoms with van der Waals surface area (Å²) in [6, 6.07) is 28.4. The number of benzene rings is 3. The second-order valence-corrected chi connectivity index (χ2v) is 6.57. The van der Waals surface area contributed by atoms with Crippen LogP contribution in [-0.2, 0) is 14.3 Å². The molecule has 1 amide bonds. The molecule has 30 heavy (non-hydrogen) atoms. The largest absolute Gasteiger partial charge is 0.452 e. The third-order valence-electron chi connectivity index (χ3n) is 4.33. The van der Waals surface area contributed by atoms with Gasteiger partial charge in [0.1, 0.15) is 6.10 Å². The number of ether oxygens (including phenoxy) is 1. The molecule has 0 heterocycles. The molecule has 150 valence electrons. The average molecular weight is 397 g/mol. The van der Waals surface area contributed by atoms with Gasteiger partial charge in [0, 0.05) is 12.2 Å². The van der Waals surface area contributed by atoms with Crippen LogP contribution in [0, 0.1) is 0 Å². The predicted molar refractivity (Wildman–Crippen MR) is 119 cm³/mol. The van der Waals surface area contributed by atoms with Gasteiger partial charge < -0.3 is 10.1 Å². The number of carbonyl (C=O) groups is 2. The zero-order valence-corrected chi connectivity index (χ0v) is 16.5. The lowest BCUT2D eigenvalue weighted by Gasteiger charge is -2.17. The van der Waals surface area contributed by atoms with Gasteiger partial charge in [0.25, 0.3) is 0 Å². The van der Waals surface area contributed by atoms with E-state index in [1.807, 2.05) is 91.0 Å². The number of esters is 1. The predicted octanol–water partition coefficient (Wildman–Crippen LogP) is 4.81. The van der Waals surface area contributed by atoms with Crippen LogP contribution in [0.1, 0.15) is 22.8 Å². The number of rotatable bonds is 8. The summed E-state index contributed by atoms with van der Waals surface area (Å²) >= 11 is 0. The van der Waals surface area contributed by atoms with Crippen LogP contribution in [-0.4, -0.2) is 18.4 Å². The van der Waals surface area contributed by atoms with Crippen LogP contribution in [0.2, 0.25) is 0 Å². The van der Waals surface area contributed by atoms with Crippen molar-refractivity contribution in [1.29, 1.82) is 0 Å². The summed E-state index contributed by atoms with van der Waals surface area (Å²) in [4.78, 5) is 24.5. The Kier molecular flexibility index (Phi) is 7.75. The van der Waals surface area contributed by atoms with Gasteiger partial charge >= 0.3 is 5.97 Å². The third-order valence-corrected chi connectivity index (χ3v) is 4.33. The Labute approximate surface area is 176 Å². The van der Waals surface area contributed by atoms with Crippen LogP contribution in [0.15, 0.2) is 103 Å². The van der Waals surface area contributed by atoms with Crippen LogP contribution < -0.4 is 5.32 Å². The van der Waals surface area contributed by atoms with Crippen molar-refractivity contribution in [2.75, 3.05) is 6.54 Å². The minimum atomic E-state index is -0.590. The molecule has 0 aliphatic carbocycles. The maximum absolute atomic E-state index is 12.3. The van der Waals surface area contributed by atoms with E-state index in [0.717, 1.165) is 16.7 Å². The van der Waals surface area contributed by atoms with Crippen LogP contribution >= 0.6 is 0 Å². The topological polar surface area (TPSA) is 55.4 Å². The van der Waals surface area contributed by atoms with Crippen molar-refractivity contribution in [3.8, 4) is 0 Å². The van der Waals surface area contributed by atoms with Crippen molar-refractivity contribution >= 4 is 24.0 Å². The molecule has 0 saturated carbocycles. The third kappa shape index (κ3) is 6.91. The summed E-state index contributed by atoms with van der Waals surface area (Å²) in [6.07, 6.45) is 5.71. The standard InChI is InChI=1S/C26H23NO3/c28-25(18-16-21-10-4-1-5-11-21)27-20-24(23-14-8-3-9-15-23)30-26(29)19-17-22-12-6-2-7-13-22/h1-19,24H,20H2,(H,27,28)/t24-/m1/s1. The first-order valence-corrected chi connectivity index (χ1v) is 9.70. The summed E-state index contributed by atoms with van der Waals surface area (Å²) in [7, 11) is 0. The highest BCUT2D eigenvalue weighted by atomic mass is 16.5. The molecule has 0 unspecified atom stereocenters. The number of nitrogens with one attached hydrogen (secondary N) is 1. The van der Waals surface area contributed by atoms with Crippen molar-refractivity contribution in [3.63, 3.8) is 0 Å². The number of carbonyl (C=O) groups excluding carboxylic acids is 2. The van der Waals surface area contributed by atoms with Crippen LogP contribution in [0.5, 0.6) is 0 Å². The number of amides is 1. The van der Waals surface area contributed by atoms with Crippen LogP contribution in [0.3, 0.4) is 0 Å². The molecule has 0 aliphatic rings. The van der Waals surface area contributed by atoms with E-state index in [-0.39, 0.29) is 12.5 Å². The van der Waals surface area contributed by atoms with Crippen LogP contribution in [0.25, 0.3) is 12.2 Å². The Morgan fingerprint density at radius 2 is 1.23 bits per heavy atom. The Balaban J connectivity index is 1.61. The fourth-order valence-electron chi connectivity index (χ4n) is 2.79. The van der Waals surface area contributed by atoms with Crippen molar-refractivity contribution in [1.82, 2.24) is 5.32 Å². The molecule has 3 aromatic rings. The van der Waals surface area contributed by atoms with Gasteiger partial charge in [-0.2, -0.15) is 0 Å². The molecule has 0 aromatic heterocycles. The van der Waals surface area contributed by atoms with Crippen molar-refractivity contribution in [2.24, 2.45) is 0 Å². The molecule has 3 aromatic carbocycles. The Morgan fingerprint density at radius 3 is 1.80 bits per heavy atom. The minimum absolute atomic E-state index is 0.174. The quantitative estimate of drug-likeness (QED) is 0.438. The zero-order valence-electron chi connectivity index (χ0n) is 16.5. The molecule has 0 bridgehead atoms. The molecule has 0 saturated heterocycles. The van der Waals surface area contributed by atoms with Gasteiger partial charge in [0.05, 0.1) is 6.54 Å². The van der Waals surface area contributed by atoms with Gasteiger partial charge in [-0.15, -0.1) is 0 Å². The summed E-state index contributed by atoms with van der Waals surface area (Å²) in [5, 5.41) is 2.80. The summed E-state index contributed by atoms with van der Waals surface area (Å²) in [5.41, 5.74) is 2.65. The van der Waals surface area contributed by atoms with Crippen molar-refractivity contribution in [2.45, 2.75) is 6.10 Å². The summed E-state index contributed by atoms with van der Waals surface area (Å²) in [5.74, 6) is -0.725. The van der Waals surface area contributed by atoms with Gasteiger partial charge in [-0.3, -0.25) is 4.79 Å². The second-order valence-electron chi connectivity index (χ2n) is 6.57. The lowest BCUT2D eigenvalue weighted by molar-refractivity contribution is -0.143. The lowest BCUT2D eigenvalue weighted by atomic mass is 10.1. The number of hydrogen-bond donors (Lipinski definition) is 1. The molecule has 1 N–H and O–H groups in total. The smallest absolute Gasteiger partial charge is 0.331 e. The Morgan fingerprint density at radius 1 is 0.733 bits per heavy atom. The minimum Gasteiger partial charge on any atom is -0.452 e. The van der Waals surface area contributed by atoms with Gasteiger partial charge in [0.2, 0.25) is 5.91 Å². The van der Waals surface area contributed by atoms with E-state index in [9.17, 15) is 9.59 Å². The maximum atomic E-state index is 12.3. The molecule has 3 rings (SSSR count). The van der Waals surface area contributed by atoms with Gasteiger partial charge in [-0.05, 0) is 28.8 Å². The first-order valence-electron chi connectivity index (χ1n) is 9.70. The SMILES string of the molecule is O=C(C=Cc1ccccc1)NC[C@@H](OC(=O)C=Cc1ccccc1)c1ccccc1. The van der Waals surface area contributed by atoms with Crippen LogP contribution in [0.4, 0.5) is 0 Å². The summed E-state index contributed by atoms with van der Waals surface area (Å²) in [6.45, 7) is 0.174. The van der Waals surface area contributed by atoms with Crippen molar-refractivity contribution in [3.05, 3.63) is 120 Å². The highest BCUT2D eigenvalue weighted by Gasteiger charge is 2.16. The first-order chi connectivity index (χ1) is 14.7. The summed E-state index contributed by atoms with van der Waals surface area (Å²) < 4.78 is 5.61. The molecule has 0 aliphatic heterocycles. The molecular formula is C26H23NO3. The maximum Gasteiger partial charge on any atom is 0.331 e. The fourth-order valence-corrected chi connectivity index (χ4v) is 2.79. The molecule has 4 nitrogen and oxygen atoms in total. The van der Waals surface area contributed by atoms with Crippen molar-refractivity contribution < 1.29 is 14.3 Å². The van der Waals surface area contributed by atoms with E-state index in [1.165, 1.54) is 12.2 Å². The highest BCUT2D eigenvalue weighted by molar-refractivity contribution is 5.91. The molecule has 0 radical (unpaired) electrons. The Bertz CT molecular complexity index is 996. The van der Waals surface area contributed by atoms with Gasteiger partial charge in [-0.25, -0.2) is 4.79 Å². The Hall–Kier alpha value is -3.92. The molecule has 1 atom stereocenters. The van der Waals surface area contributed by atoms with Gasteiger partial charge in [0.15, 0.2) is 0 Å². The normalized spacial score (nSPS) is 12.0. The molecule has 4 heteroatoms. The highest BCUT2D eigenvalue weighted by Crippen LogP contribution is 2.17. The lowest BCUT2D eigenvalue weighted by Crippen LogP contribution is -2.29. The van der Waals surface area contributed by atoms with E-state index in [2.05, 4.69) is 5.32 Å². The van der Waals surface area contributed by atoms with E-state index >= 15 is 0 Å². The van der Waals surface area contributed by atoms with Gasteiger partial charge in [-0.1, -0.05) is 91.0 Å². The van der Waals surface area contributed by atoms with E-state index in [0.29, 0.717) is 0 Å². The monoisotopic (exact) mass is 397 g/mol. The van der Waals surface area contributed by atoms with E-state index in [4.69, 9.17) is 4.74 Å². The first kappa shape index (κ1) is 20.8. The van der Waals surface area contributed by atoms with E-state index < -0.39 is 12.1 Å².